The number of benzene rings is 2. The molecule has 1 heterocycles. The van der Waals surface area contributed by atoms with E-state index < -0.39 is 0 Å². The summed E-state index contributed by atoms with van der Waals surface area (Å²) in [6.07, 6.45) is 1.39. The van der Waals surface area contributed by atoms with Gasteiger partial charge in [-0.3, -0.25) is 14.2 Å². The van der Waals surface area contributed by atoms with Gasteiger partial charge in [-0.05, 0) is 18.2 Å². The Labute approximate surface area is 150 Å². The summed E-state index contributed by atoms with van der Waals surface area (Å²) >= 11 is 0. The van der Waals surface area contributed by atoms with Crippen LogP contribution in [0.3, 0.4) is 0 Å². The Morgan fingerprint density at radius 1 is 1.12 bits per heavy atom. The fraction of sp³-hybridized carbons (Fsp3) is 0.211. The molecule has 0 aliphatic rings. The van der Waals surface area contributed by atoms with Crippen LogP contribution in [-0.2, 0) is 17.9 Å². The number of hydrogen-bond acceptors (Lipinski definition) is 5. The van der Waals surface area contributed by atoms with Crippen LogP contribution >= 0.6 is 0 Å². The van der Waals surface area contributed by atoms with Gasteiger partial charge in [-0.1, -0.05) is 24.3 Å². The Balaban J connectivity index is 1.73. The minimum atomic E-state index is -0.297. The lowest BCUT2D eigenvalue weighted by molar-refractivity contribution is -0.121. The number of carbonyl (C=O) groups excluding carboxylic acids is 1. The van der Waals surface area contributed by atoms with Gasteiger partial charge in [-0.2, -0.15) is 0 Å². The van der Waals surface area contributed by atoms with Crippen molar-refractivity contribution in [1.82, 2.24) is 14.9 Å². The summed E-state index contributed by atoms with van der Waals surface area (Å²) in [5, 5.41) is 3.27. The molecule has 0 atom stereocenters. The first kappa shape index (κ1) is 17.5. The normalized spacial score (nSPS) is 10.5. The first-order chi connectivity index (χ1) is 12.6. The van der Waals surface area contributed by atoms with Crippen molar-refractivity contribution in [3.63, 3.8) is 0 Å². The number of ether oxygens (including phenoxy) is 2. The van der Waals surface area contributed by atoms with Gasteiger partial charge in [0.1, 0.15) is 6.54 Å². The van der Waals surface area contributed by atoms with Crippen molar-refractivity contribution in [3.05, 3.63) is 64.7 Å². The van der Waals surface area contributed by atoms with Crippen molar-refractivity contribution in [3.8, 4) is 11.5 Å². The second-order valence-corrected chi connectivity index (χ2v) is 5.62. The SMILES string of the molecule is COc1cccc(CNC(=O)Cn2cnc3ccccc3c2=O)c1OC. The summed E-state index contributed by atoms with van der Waals surface area (Å²) in [5.74, 6) is 0.864. The summed E-state index contributed by atoms with van der Waals surface area (Å²) in [5.41, 5.74) is 1.14. The van der Waals surface area contributed by atoms with E-state index in [1.807, 2.05) is 18.2 Å². The van der Waals surface area contributed by atoms with E-state index in [9.17, 15) is 9.59 Å². The summed E-state index contributed by atoms with van der Waals surface area (Å²) in [7, 11) is 3.10. The van der Waals surface area contributed by atoms with E-state index in [1.54, 1.807) is 38.5 Å². The van der Waals surface area contributed by atoms with Gasteiger partial charge < -0.3 is 14.8 Å². The number of hydrogen-bond donors (Lipinski definition) is 1. The molecule has 1 amide bonds. The lowest BCUT2D eigenvalue weighted by Gasteiger charge is -2.13. The number of para-hydroxylation sites is 2. The average molecular weight is 353 g/mol. The van der Waals surface area contributed by atoms with Gasteiger partial charge in [-0.25, -0.2) is 4.98 Å². The highest BCUT2D eigenvalue weighted by atomic mass is 16.5. The molecule has 2 aromatic carbocycles. The number of aromatic nitrogens is 2. The first-order valence-electron chi connectivity index (χ1n) is 8.04. The van der Waals surface area contributed by atoms with Crippen LogP contribution in [0.25, 0.3) is 10.9 Å². The molecule has 7 heteroatoms. The maximum absolute atomic E-state index is 12.4. The summed E-state index contributed by atoms with van der Waals surface area (Å²) in [6.45, 7) is 0.151. The third-order valence-corrected chi connectivity index (χ3v) is 4.01. The third-order valence-electron chi connectivity index (χ3n) is 4.01. The molecule has 26 heavy (non-hydrogen) atoms. The molecule has 0 saturated carbocycles. The molecule has 0 fully saturated rings. The number of nitrogens with one attached hydrogen (secondary N) is 1. The molecule has 0 aliphatic carbocycles. The van der Waals surface area contributed by atoms with Crippen LogP contribution in [-0.4, -0.2) is 29.7 Å². The molecule has 0 aliphatic heterocycles. The zero-order valence-electron chi connectivity index (χ0n) is 14.6. The van der Waals surface area contributed by atoms with Gasteiger partial charge in [0, 0.05) is 12.1 Å². The maximum Gasteiger partial charge on any atom is 0.261 e. The smallest absolute Gasteiger partial charge is 0.261 e. The molecule has 7 nitrogen and oxygen atoms in total. The highest BCUT2D eigenvalue weighted by Crippen LogP contribution is 2.30. The first-order valence-corrected chi connectivity index (χ1v) is 8.04. The molecule has 1 N–H and O–H groups in total. The van der Waals surface area contributed by atoms with Crippen molar-refractivity contribution in [2.45, 2.75) is 13.1 Å². The number of nitrogens with zero attached hydrogens (tertiary/aromatic N) is 2. The average Bonchev–Trinajstić information content (AvgIpc) is 2.68. The fourth-order valence-corrected chi connectivity index (χ4v) is 2.72. The molecule has 3 aromatic rings. The van der Waals surface area contributed by atoms with Crippen molar-refractivity contribution >= 4 is 16.8 Å². The maximum atomic E-state index is 12.4. The molecular formula is C19H19N3O4. The Bertz CT molecular complexity index is 997. The van der Waals surface area contributed by atoms with Crippen molar-refractivity contribution < 1.29 is 14.3 Å². The predicted molar refractivity (Wildman–Crippen MR) is 97.4 cm³/mol. The number of carbonyl (C=O) groups is 1. The molecule has 1 aromatic heterocycles. The molecule has 0 unspecified atom stereocenters. The number of amides is 1. The highest BCUT2D eigenvalue weighted by Gasteiger charge is 2.12. The Kier molecular flexibility index (Phi) is 5.17. The van der Waals surface area contributed by atoms with Gasteiger partial charge >= 0.3 is 0 Å². The number of rotatable bonds is 6. The number of methoxy groups -OCH3 is 2. The van der Waals surface area contributed by atoms with Crippen molar-refractivity contribution in [2.75, 3.05) is 14.2 Å². The van der Waals surface area contributed by atoms with E-state index in [0.717, 1.165) is 5.56 Å². The highest BCUT2D eigenvalue weighted by molar-refractivity contribution is 5.78. The third kappa shape index (κ3) is 3.51. The van der Waals surface area contributed by atoms with E-state index in [-0.39, 0.29) is 24.6 Å². The minimum absolute atomic E-state index is 0.108. The molecule has 0 bridgehead atoms. The summed E-state index contributed by atoms with van der Waals surface area (Å²) < 4.78 is 11.9. The molecule has 3 rings (SSSR count). The van der Waals surface area contributed by atoms with E-state index in [1.165, 1.54) is 10.9 Å². The van der Waals surface area contributed by atoms with E-state index in [2.05, 4.69) is 10.3 Å². The van der Waals surface area contributed by atoms with Gasteiger partial charge in [0.2, 0.25) is 5.91 Å². The van der Waals surface area contributed by atoms with Crippen LogP contribution in [0.15, 0.2) is 53.6 Å². The topological polar surface area (TPSA) is 82.5 Å². The predicted octanol–water partition coefficient (Wildman–Crippen LogP) is 1.73. The molecule has 0 spiro atoms. The quantitative estimate of drug-likeness (QED) is 0.730. The Morgan fingerprint density at radius 2 is 1.92 bits per heavy atom. The second kappa shape index (κ2) is 7.69. The number of fused-ring (bicyclic) bond motifs is 1. The standard InChI is InChI=1S/C19H19N3O4/c1-25-16-9-5-6-13(18(16)26-2)10-20-17(23)11-22-12-21-15-8-4-3-7-14(15)19(22)24/h3-9,12H,10-11H2,1-2H3,(H,20,23). The molecule has 134 valence electrons. The van der Waals surface area contributed by atoms with Crippen molar-refractivity contribution in [2.24, 2.45) is 0 Å². The van der Waals surface area contributed by atoms with E-state index in [0.29, 0.717) is 22.4 Å². The minimum Gasteiger partial charge on any atom is -0.493 e. The fourth-order valence-electron chi connectivity index (χ4n) is 2.72. The van der Waals surface area contributed by atoms with Crippen molar-refractivity contribution in [1.29, 1.82) is 0 Å². The Morgan fingerprint density at radius 3 is 2.69 bits per heavy atom. The van der Waals surface area contributed by atoms with Gasteiger partial charge in [0.25, 0.3) is 5.56 Å². The summed E-state index contributed by atoms with van der Waals surface area (Å²) in [4.78, 5) is 28.9. The van der Waals surface area contributed by atoms with Crippen LogP contribution < -0.4 is 20.3 Å². The van der Waals surface area contributed by atoms with Crippen LogP contribution in [0, 0.1) is 0 Å². The van der Waals surface area contributed by atoms with Gasteiger partial charge in [0.15, 0.2) is 11.5 Å². The lowest BCUT2D eigenvalue weighted by atomic mass is 10.2. The van der Waals surface area contributed by atoms with Gasteiger partial charge in [-0.15, -0.1) is 0 Å². The van der Waals surface area contributed by atoms with Crippen LogP contribution in [0.1, 0.15) is 5.56 Å². The molecule has 0 radical (unpaired) electrons. The van der Waals surface area contributed by atoms with E-state index >= 15 is 0 Å². The van der Waals surface area contributed by atoms with E-state index in [4.69, 9.17) is 9.47 Å². The monoisotopic (exact) mass is 353 g/mol. The lowest BCUT2D eigenvalue weighted by Crippen LogP contribution is -2.32. The molecular weight excluding hydrogens is 334 g/mol. The second-order valence-electron chi connectivity index (χ2n) is 5.62. The zero-order chi connectivity index (χ0) is 18.5. The van der Waals surface area contributed by atoms with Crippen LogP contribution in [0.2, 0.25) is 0 Å². The zero-order valence-corrected chi connectivity index (χ0v) is 14.6. The largest absolute Gasteiger partial charge is 0.493 e. The Hall–Kier alpha value is -3.35. The molecule has 0 saturated heterocycles. The van der Waals surface area contributed by atoms with Crippen LogP contribution in [0.4, 0.5) is 0 Å². The van der Waals surface area contributed by atoms with Crippen LogP contribution in [0.5, 0.6) is 11.5 Å². The van der Waals surface area contributed by atoms with Gasteiger partial charge in [0.05, 0.1) is 31.4 Å². The summed E-state index contributed by atoms with van der Waals surface area (Å²) in [6, 6.07) is 12.5.